The monoisotopic (exact) mass is 409 g/mol. The zero-order valence-electron chi connectivity index (χ0n) is 16.6. The van der Waals surface area contributed by atoms with E-state index in [9.17, 15) is 23.1 Å². The second kappa shape index (κ2) is 6.72. The van der Waals surface area contributed by atoms with E-state index >= 15 is 0 Å². The van der Waals surface area contributed by atoms with Gasteiger partial charge in [0.2, 0.25) is 11.9 Å². The fourth-order valence-electron chi connectivity index (χ4n) is 4.22. The fraction of sp³-hybridized carbons (Fsp3) is 0.619. The molecule has 1 aromatic carbocycles. The van der Waals surface area contributed by atoms with Crippen LogP contribution in [-0.4, -0.2) is 26.7 Å². The Bertz CT molecular complexity index is 935. The van der Waals surface area contributed by atoms with Gasteiger partial charge in [0.05, 0.1) is 22.0 Å². The molecule has 0 atom stereocenters. The molecule has 2 N–H and O–H groups in total. The minimum absolute atomic E-state index is 0.00208. The number of hydrogen-bond acceptors (Lipinski definition) is 3. The second-order valence-electron chi connectivity index (χ2n) is 9.01. The van der Waals surface area contributed by atoms with E-state index in [1.807, 2.05) is 10.6 Å². The summed E-state index contributed by atoms with van der Waals surface area (Å²) in [6.07, 6.45) is -1.55. The molecule has 2 saturated carbocycles. The summed E-state index contributed by atoms with van der Waals surface area (Å²) < 4.78 is 42.2. The van der Waals surface area contributed by atoms with E-state index in [1.165, 1.54) is 0 Å². The summed E-state index contributed by atoms with van der Waals surface area (Å²) in [6, 6.07) is 5.54. The van der Waals surface area contributed by atoms with E-state index in [-0.39, 0.29) is 18.9 Å². The van der Waals surface area contributed by atoms with Gasteiger partial charge in [-0.1, -0.05) is 12.5 Å². The topological polar surface area (TPSA) is 67.2 Å². The molecule has 29 heavy (non-hydrogen) atoms. The summed E-state index contributed by atoms with van der Waals surface area (Å²) in [5, 5.41) is 13.0. The molecule has 0 bridgehead atoms. The van der Waals surface area contributed by atoms with Crippen molar-refractivity contribution in [2.45, 2.75) is 76.6 Å². The minimum atomic E-state index is -4.38. The Labute approximate surface area is 167 Å². The molecule has 0 radical (unpaired) electrons. The molecule has 2 aliphatic rings. The number of alkyl halides is 3. The molecule has 2 aliphatic carbocycles. The predicted octanol–water partition coefficient (Wildman–Crippen LogP) is 5.05. The number of amides is 1. The number of anilines is 1. The zero-order valence-corrected chi connectivity index (χ0v) is 16.6. The van der Waals surface area contributed by atoms with Crippen LogP contribution < -0.4 is 5.32 Å². The molecule has 2 fully saturated rings. The zero-order chi connectivity index (χ0) is 21.0. The molecule has 0 spiro atoms. The summed E-state index contributed by atoms with van der Waals surface area (Å²) in [5.41, 5.74) is -0.796. The number of imidazole rings is 1. The van der Waals surface area contributed by atoms with Crippen LogP contribution in [0.5, 0.6) is 0 Å². The van der Waals surface area contributed by atoms with Crippen molar-refractivity contribution in [3.05, 3.63) is 23.8 Å². The van der Waals surface area contributed by atoms with Crippen LogP contribution in [0.2, 0.25) is 0 Å². The Balaban J connectivity index is 1.65. The molecular formula is C21H26F3N3O2. The maximum atomic E-state index is 13.4. The maximum Gasteiger partial charge on any atom is 0.395 e. The Hall–Kier alpha value is -2.09. The van der Waals surface area contributed by atoms with Crippen molar-refractivity contribution < 1.29 is 23.1 Å². The van der Waals surface area contributed by atoms with Crippen molar-refractivity contribution in [2.75, 3.05) is 5.32 Å². The SMILES string of the molecule is CC(C)(O)c1ccc2nc(NC(=O)CC3(C(F)(F)F)CCC3)n(C3CCC3)c2c1. The van der Waals surface area contributed by atoms with Gasteiger partial charge in [-0.05, 0) is 63.6 Å². The Morgan fingerprint density at radius 1 is 1.28 bits per heavy atom. The third kappa shape index (κ3) is 3.52. The van der Waals surface area contributed by atoms with Gasteiger partial charge < -0.3 is 9.67 Å². The van der Waals surface area contributed by atoms with Crippen molar-refractivity contribution in [1.29, 1.82) is 0 Å². The van der Waals surface area contributed by atoms with Crippen LogP contribution >= 0.6 is 0 Å². The number of aliphatic hydroxyl groups is 1. The Kier molecular flexibility index (Phi) is 4.68. The van der Waals surface area contributed by atoms with Crippen molar-refractivity contribution >= 4 is 22.9 Å². The fourth-order valence-corrected chi connectivity index (χ4v) is 4.22. The van der Waals surface area contributed by atoms with Gasteiger partial charge in [0.1, 0.15) is 0 Å². The molecule has 2 aromatic rings. The molecule has 4 rings (SSSR count). The first-order valence-electron chi connectivity index (χ1n) is 10.1. The van der Waals surface area contributed by atoms with Gasteiger partial charge in [0.15, 0.2) is 0 Å². The first-order valence-corrected chi connectivity index (χ1v) is 10.1. The maximum absolute atomic E-state index is 13.4. The second-order valence-corrected chi connectivity index (χ2v) is 9.01. The lowest BCUT2D eigenvalue weighted by molar-refractivity contribution is -0.251. The van der Waals surface area contributed by atoms with E-state index in [1.54, 1.807) is 26.0 Å². The predicted molar refractivity (Wildman–Crippen MR) is 103 cm³/mol. The standard InChI is InChI=1S/C21H26F3N3O2/c1-19(2,29)13-7-8-15-16(11-13)27(14-5-3-6-14)18(25-15)26-17(28)12-20(9-4-10-20)21(22,23)24/h7-8,11,14,29H,3-6,9-10,12H2,1-2H3,(H,25,26,28). The number of aromatic nitrogens is 2. The number of halogens is 3. The number of rotatable bonds is 5. The summed E-state index contributed by atoms with van der Waals surface area (Å²) in [4.78, 5) is 17.0. The molecule has 0 unspecified atom stereocenters. The molecule has 1 amide bonds. The average molecular weight is 409 g/mol. The quantitative estimate of drug-likeness (QED) is 0.726. The largest absolute Gasteiger partial charge is 0.395 e. The number of hydrogen-bond donors (Lipinski definition) is 2. The Morgan fingerprint density at radius 2 is 1.97 bits per heavy atom. The summed E-state index contributed by atoms with van der Waals surface area (Å²) >= 11 is 0. The molecule has 5 nitrogen and oxygen atoms in total. The number of carbonyl (C=O) groups is 1. The van der Waals surface area contributed by atoms with Crippen molar-refractivity contribution in [3.8, 4) is 0 Å². The van der Waals surface area contributed by atoms with E-state index in [0.29, 0.717) is 23.4 Å². The van der Waals surface area contributed by atoms with Crippen LogP contribution in [0, 0.1) is 5.41 Å². The lowest BCUT2D eigenvalue weighted by atomic mass is 9.66. The minimum Gasteiger partial charge on any atom is -0.386 e. The van der Waals surface area contributed by atoms with Gasteiger partial charge in [-0.2, -0.15) is 13.2 Å². The molecule has 0 saturated heterocycles. The molecule has 158 valence electrons. The van der Waals surface area contributed by atoms with E-state index in [4.69, 9.17) is 0 Å². The molecule has 1 heterocycles. The number of nitrogens with zero attached hydrogens (tertiary/aromatic N) is 2. The first-order chi connectivity index (χ1) is 13.5. The highest BCUT2D eigenvalue weighted by molar-refractivity contribution is 5.92. The summed E-state index contributed by atoms with van der Waals surface area (Å²) in [5.74, 6) is -0.361. The average Bonchev–Trinajstić information content (AvgIpc) is 2.84. The molecule has 0 aliphatic heterocycles. The van der Waals surface area contributed by atoms with Crippen molar-refractivity contribution in [1.82, 2.24) is 9.55 Å². The van der Waals surface area contributed by atoms with Crippen LogP contribution in [0.15, 0.2) is 18.2 Å². The van der Waals surface area contributed by atoms with E-state index < -0.39 is 29.5 Å². The van der Waals surface area contributed by atoms with Gasteiger partial charge in [-0.15, -0.1) is 0 Å². The van der Waals surface area contributed by atoms with Crippen LogP contribution in [0.1, 0.15) is 70.4 Å². The van der Waals surface area contributed by atoms with Crippen molar-refractivity contribution in [3.63, 3.8) is 0 Å². The van der Waals surface area contributed by atoms with Gasteiger partial charge in [0, 0.05) is 12.5 Å². The number of benzene rings is 1. The highest BCUT2D eigenvalue weighted by Gasteiger charge is 2.58. The molecular weight excluding hydrogens is 383 g/mol. The summed E-state index contributed by atoms with van der Waals surface area (Å²) in [7, 11) is 0. The number of fused-ring (bicyclic) bond motifs is 1. The molecule has 1 aromatic heterocycles. The number of nitrogens with one attached hydrogen (secondary N) is 1. The van der Waals surface area contributed by atoms with E-state index in [2.05, 4.69) is 10.3 Å². The lowest BCUT2D eigenvalue weighted by Gasteiger charge is -2.42. The smallest absolute Gasteiger partial charge is 0.386 e. The highest BCUT2D eigenvalue weighted by Crippen LogP contribution is 2.55. The lowest BCUT2D eigenvalue weighted by Crippen LogP contribution is -2.46. The summed E-state index contributed by atoms with van der Waals surface area (Å²) in [6.45, 7) is 3.38. The normalized spacial score (nSPS) is 19.7. The number of carbonyl (C=O) groups excluding carboxylic acids is 1. The van der Waals surface area contributed by atoms with E-state index in [0.717, 1.165) is 24.8 Å². The van der Waals surface area contributed by atoms with Crippen LogP contribution in [-0.2, 0) is 10.4 Å². The van der Waals surface area contributed by atoms with Crippen LogP contribution in [0.25, 0.3) is 11.0 Å². The van der Waals surface area contributed by atoms with Gasteiger partial charge in [0.25, 0.3) is 0 Å². The van der Waals surface area contributed by atoms with Gasteiger partial charge in [-0.3, -0.25) is 10.1 Å². The van der Waals surface area contributed by atoms with Crippen LogP contribution in [0.4, 0.5) is 19.1 Å². The van der Waals surface area contributed by atoms with Crippen molar-refractivity contribution in [2.24, 2.45) is 5.41 Å². The molecule has 8 heteroatoms. The highest BCUT2D eigenvalue weighted by atomic mass is 19.4. The third-order valence-electron chi connectivity index (χ3n) is 6.50. The first kappa shape index (κ1) is 20.2. The van der Waals surface area contributed by atoms with Gasteiger partial charge >= 0.3 is 6.18 Å². The van der Waals surface area contributed by atoms with Crippen LogP contribution in [0.3, 0.4) is 0 Å². The Morgan fingerprint density at radius 3 is 2.45 bits per heavy atom. The van der Waals surface area contributed by atoms with Gasteiger partial charge in [-0.25, -0.2) is 4.98 Å². The third-order valence-corrected chi connectivity index (χ3v) is 6.50.